The second-order valence-electron chi connectivity index (χ2n) is 7.53. The van der Waals surface area contributed by atoms with E-state index in [0.717, 1.165) is 17.2 Å². The Labute approximate surface area is 198 Å². The summed E-state index contributed by atoms with van der Waals surface area (Å²) in [6.07, 6.45) is 1.62. The monoisotopic (exact) mass is 478 g/mol. The number of carbonyl (C=O) groups excluding carboxylic acids is 1. The van der Waals surface area contributed by atoms with Gasteiger partial charge >= 0.3 is 5.97 Å². The lowest BCUT2D eigenvalue weighted by molar-refractivity contribution is -0.384. The van der Waals surface area contributed by atoms with Crippen molar-refractivity contribution in [2.24, 2.45) is 0 Å². The second-order valence-corrected chi connectivity index (χ2v) is 7.93. The lowest BCUT2D eigenvalue weighted by Crippen LogP contribution is -2.17. The summed E-state index contributed by atoms with van der Waals surface area (Å²) < 4.78 is 6.75. The van der Waals surface area contributed by atoms with Gasteiger partial charge in [0.05, 0.1) is 16.2 Å². The van der Waals surface area contributed by atoms with Crippen molar-refractivity contribution in [3.63, 3.8) is 0 Å². The summed E-state index contributed by atoms with van der Waals surface area (Å²) in [5, 5.41) is 14.9. The maximum absolute atomic E-state index is 12.9. The van der Waals surface area contributed by atoms with Crippen LogP contribution < -0.4 is 10.9 Å². The first-order valence-electron chi connectivity index (χ1n) is 10.2. The first kappa shape index (κ1) is 22.9. The zero-order chi connectivity index (χ0) is 24.2. The number of esters is 1. The number of pyridine rings is 1. The van der Waals surface area contributed by atoms with E-state index in [1.807, 2.05) is 19.1 Å². The van der Waals surface area contributed by atoms with Crippen LogP contribution in [-0.4, -0.2) is 20.3 Å². The predicted molar refractivity (Wildman–Crippen MR) is 127 cm³/mol. The molecule has 0 spiro atoms. The predicted octanol–water partition coefficient (Wildman–Crippen LogP) is 4.53. The van der Waals surface area contributed by atoms with Crippen LogP contribution in [-0.2, 0) is 17.9 Å². The lowest BCUT2D eigenvalue weighted by atomic mass is 10.1. The molecule has 0 amide bonds. The number of anilines is 1. The molecule has 0 radical (unpaired) electrons. The van der Waals surface area contributed by atoms with Crippen LogP contribution in [0.2, 0.25) is 5.02 Å². The molecule has 1 N–H and O–H groups in total. The fraction of sp³-hybridized carbons (Fsp3) is 0.125. The minimum atomic E-state index is -0.795. The van der Waals surface area contributed by atoms with Crippen molar-refractivity contribution in [2.75, 3.05) is 5.32 Å². The highest BCUT2D eigenvalue weighted by molar-refractivity contribution is 6.31. The van der Waals surface area contributed by atoms with E-state index in [4.69, 9.17) is 16.3 Å². The lowest BCUT2D eigenvalue weighted by Gasteiger charge is -2.13. The minimum absolute atomic E-state index is 0.0189. The number of aromatic nitrogens is 2. The van der Waals surface area contributed by atoms with Gasteiger partial charge in [0, 0.05) is 41.7 Å². The fourth-order valence-corrected chi connectivity index (χ4v) is 3.55. The van der Waals surface area contributed by atoms with Gasteiger partial charge in [-0.05, 0) is 42.3 Å². The SMILES string of the molecule is Cc1ccn2c(=O)cc(COC(=O)c3cc([N+](=O)[O-])ccc3NCc3ccccc3Cl)nc2c1. The second kappa shape index (κ2) is 9.72. The highest BCUT2D eigenvalue weighted by Gasteiger charge is 2.19. The topological polar surface area (TPSA) is 116 Å². The van der Waals surface area contributed by atoms with Gasteiger partial charge in [-0.2, -0.15) is 0 Å². The van der Waals surface area contributed by atoms with Crippen molar-refractivity contribution in [1.82, 2.24) is 9.38 Å². The van der Waals surface area contributed by atoms with Gasteiger partial charge in [-0.15, -0.1) is 0 Å². The molecule has 0 aliphatic carbocycles. The Bertz CT molecular complexity index is 1470. The van der Waals surface area contributed by atoms with E-state index in [2.05, 4.69) is 10.3 Å². The zero-order valence-corrected chi connectivity index (χ0v) is 18.8. The van der Waals surface area contributed by atoms with Crippen LogP contribution in [0.4, 0.5) is 11.4 Å². The maximum Gasteiger partial charge on any atom is 0.340 e. The average Bonchev–Trinajstić information content (AvgIpc) is 2.81. The van der Waals surface area contributed by atoms with E-state index in [9.17, 15) is 19.7 Å². The summed E-state index contributed by atoms with van der Waals surface area (Å²) >= 11 is 6.19. The highest BCUT2D eigenvalue weighted by atomic mass is 35.5. The van der Waals surface area contributed by atoms with Gasteiger partial charge in [0.25, 0.3) is 11.2 Å². The summed E-state index contributed by atoms with van der Waals surface area (Å²) in [6, 6.07) is 15.9. The number of hydrogen-bond acceptors (Lipinski definition) is 7. The number of hydrogen-bond donors (Lipinski definition) is 1. The Kier molecular flexibility index (Phi) is 6.55. The quantitative estimate of drug-likeness (QED) is 0.235. The third-order valence-electron chi connectivity index (χ3n) is 5.09. The Morgan fingerprint density at radius 3 is 2.74 bits per heavy atom. The first-order valence-corrected chi connectivity index (χ1v) is 10.6. The molecule has 0 bridgehead atoms. The smallest absolute Gasteiger partial charge is 0.340 e. The summed E-state index contributed by atoms with van der Waals surface area (Å²) in [6.45, 7) is 1.89. The van der Waals surface area contributed by atoms with Gasteiger partial charge in [0.15, 0.2) is 0 Å². The van der Waals surface area contributed by atoms with E-state index < -0.39 is 10.9 Å². The van der Waals surface area contributed by atoms with E-state index in [1.165, 1.54) is 22.6 Å². The number of rotatable bonds is 7. The van der Waals surface area contributed by atoms with Crippen LogP contribution >= 0.6 is 11.6 Å². The molecule has 2 aromatic carbocycles. The molecule has 0 unspecified atom stereocenters. The number of ether oxygens (including phenoxy) is 1. The van der Waals surface area contributed by atoms with Gasteiger partial charge < -0.3 is 10.1 Å². The number of nitrogens with zero attached hydrogens (tertiary/aromatic N) is 3. The first-order chi connectivity index (χ1) is 16.3. The van der Waals surface area contributed by atoms with Crippen molar-refractivity contribution in [2.45, 2.75) is 20.1 Å². The summed E-state index contributed by atoms with van der Waals surface area (Å²) in [4.78, 5) is 40.2. The largest absolute Gasteiger partial charge is 0.456 e. The molecule has 2 aromatic heterocycles. The molecule has 172 valence electrons. The van der Waals surface area contributed by atoms with Gasteiger partial charge in [0.1, 0.15) is 12.3 Å². The molecule has 0 aliphatic heterocycles. The van der Waals surface area contributed by atoms with E-state index in [0.29, 0.717) is 22.9 Å². The molecular weight excluding hydrogens is 460 g/mol. The molecule has 2 heterocycles. The molecule has 0 saturated heterocycles. The van der Waals surface area contributed by atoms with Crippen molar-refractivity contribution in [3.8, 4) is 0 Å². The fourth-order valence-electron chi connectivity index (χ4n) is 3.35. The Morgan fingerprint density at radius 1 is 1.18 bits per heavy atom. The minimum Gasteiger partial charge on any atom is -0.456 e. The Morgan fingerprint density at radius 2 is 1.97 bits per heavy atom. The molecule has 10 heteroatoms. The van der Waals surface area contributed by atoms with E-state index >= 15 is 0 Å². The summed E-state index contributed by atoms with van der Waals surface area (Å²) in [5.74, 6) is -0.795. The van der Waals surface area contributed by atoms with Crippen LogP contribution in [0, 0.1) is 17.0 Å². The molecule has 9 nitrogen and oxygen atoms in total. The average molecular weight is 479 g/mol. The molecule has 4 aromatic rings. The van der Waals surface area contributed by atoms with Crippen molar-refractivity contribution in [1.29, 1.82) is 0 Å². The standard InChI is InChI=1S/C24H19ClN4O5/c1-15-8-9-28-22(10-15)27-17(11-23(28)30)14-34-24(31)19-12-18(29(32)33)6-7-21(19)26-13-16-4-2-3-5-20(16)25/h2-12,26H,13-14H2,1H3. The van der Waals surface area contributed by atoms with Gasteiger partial charge in [0.2, 0.25) is 0 Å². The van der Waals surface area contributed by atoms with E-state index in [1.54, 1.807) is 30.5 Å². The van der Waals surface area contributed by atoms with Gasteiger partial charge in [-0.3, -0.25) is 19.3 Å². The molecule has 0 saturated carbocycles. The molecular formula is C24H19ClN4O5. The van der Waals surface area contributed by atoms with E-state index in [-0.39, 0.29) is 29.1 Å². The summed E-state index contributed by atoms with van der Waals surface area (Å²) in [5.41, 5.74) is 2.16. The van der Waals surface area contributed by atoms with Crippen LogP contribution in [0.3, 0.4) is 0 Å². The third kappa shape index (κ3) is 5.05. The number of fused-ring (bicyclic) bond motifs is 1. The maximum atomic E-state index is 12.9. The molecule has 34 heavy (non-hydrogen) atoms. The number of nitro benzene ring substituents is 1. The number of nitrogens with one attached hydrogen (secondary N) is 1. The van der Waals surface area contributed by atoms with Crippen molar-refractivity contribution >= 4 is 34.6 Å². The molecule has 0 aliphatic rings. The van der Waals surface area contributed by atoms with Crippen LogP contribution in [0.5, 0.6) is 0 Å². The normalized spacial score (nSPS) is 10.8. The number of carbonyl (C=O) groups is 1. The number of non-ortho nitro benzene ring substituents is 1. The number of benzene rings is 2. The number of halogens is 1. The van der Waals surface area contributed by atoms with Crippen molar-refractivity contribution in [3.05, 3.63) is 115 Å². The Balaban J connectivity index is 1.57. The van der Waals surface area contributed by atoms with Gasteiger partial charge in [-0.25, -0.2) is 9.78 Å². The zero-order valence-electron chi connectivity index (χ0n) is 18.0. The van der Waals surface area contributed by atoms with Crippen LogP contribution in [0.25, 0.3) is 5.65 Å². The molecule has 0 fully saturated rings. The number of nitro groups is 1. The molecule has 4 rings (SSSR count). The third-order valence-corrected chi connectivity index (χ3v) is 5.46. The van der Waals surface area contributed by atoms with Gasteiger partial charge in [-0.1, -0.05) is 29.8 Å². The number of aryl methyl sites for hydroxylation is 1. The Hall–Kier alpha value is -4.24. The van der Waals surface area contributed by atoms with Crippen LogP contribution in [0.1, 0.15) is 27.2 Å². The molecule has 0 atom stereocenters. The van der Waals surface area contributed by atoms with Crippen molar-refractivity contribution < 1.29 is 14.5 Å². The van der Waals surface area contributed by atoms with Crippen LogP contribution in [0.15, 0.2) is 71.7 Å². The summed E-state index contributed by atoms with van der Waals surface area (Å²) in [7, 11) is 0. The highest BCUT2D eigenvalue weighted by Crippen LogP contribution is 2.25.